The van der Waals surface area contributed by atoms with Gasteiger partial charge in [-0.05, 0) is 12.8 Å². The molecule has 0 aromatic heterocycles. The molecule has 1 aliphatic rings. The number of carbonyl (C=O) groups is 1. The van der Waals surface area contributed by atoms with Crippen molar-refractivity contribution in [3.8, 4) is 12.3 Å². The zero-order valence-corrected chi connectivity index (χ0v) is 8.18. The molecule has 13 heavy (non-hydrogen) atoms. The quantitative estimate of drug-likeness (QED) is 0.462. The summed E-state index contributed by atoms with van der Waals surface area (Å²) in [4.78, 5) is 13.0. The Morgan fingerprint density at radius 3 is 2.46 bits per heavy atom. The van der Waals surface area contributed by atoms with Crippen LogP contribution in [0.2, 0.25) is 0 Å². The first kappa shape index (κ1) is 10.1. The lowest BCUT2D eigenvalue weighted by Crippen LogP contribution is -2.38. The fourth-order valence-electron chi connectivity index (χ4n) is 1.42. The molecule has 0 bridgehead atoms. The molecule has 1 saturated heterocycles. The second kappa shape index (κ2) is 4.34. The van der Waals surface area contributed by atoms with Gasteiger partial charge in [0, 0.05) is 19.0 Å². The maximum absolute atomic E-state index is 11.3. The Hall–Kier alpha value is -0.940. The average Bonchev–Trinajstić information content (AvgIpc) is 2.17. The summed E-state index contributed by atoms with van der Waals surface area (Å²) in [6, 6.07) is 0. The summed E-state index contributed by atoms with van der Waals surface area (Å²) >= 11 is 5.51. The van der Waals surface area contributed by atoms with Crippen molar-refractivity contribution in [1.82, 2.24) is 4.90 Å². The SMILES string of the molecule is C#CC1CCN(C(=O)C(=C)Cl)CC1. The lowest BCUT2D eigenvalue weighted by Gasteiger charge is -2.29. The van der Waals surface area contributed by atoms with Gasteiger partial charge < -0.3 is 4.90 Å². The maximum atomic E-state index is 11.3. The number of likely N-dealkylation sites (tertiary alicyclic amines) is 1. The summed E-state index contributed by atoms with van der Waals surface area (Å²) in [5.41, 5.74) is 0. The number of rotatable bonds is 1. The van der Waals surface area contributed by atoms with E-state index < -0.39 is 0 Å². The molecular weight excluding hydrogens is 186 g/mol. The van der Waals surface area contributed by atoms with E-state index >= 15 is 0 Å². The molecule has 1 amide bonds. The number of amides is 1. The van der Waals surface area contributed by atoms with Crippen LogP contribution in [0.25, 0.3) is 0 Å². The largest absolute Gasteiger partial charge is 0.338 e. The Labute approximate surface area is 83.6 Å². The van der Waals surface area contributed by atoms with Crippen molar-refractivity contribution >= 4 is 17.5 Å². The Bertz CT molecular complexity index is 259. The molecule has 0 spiro atoms. The summed E-state index contributed by atoms with van der Waals surface area (Å²) < 4.78 is 0. The van der Waals surface area contributed by atoms with Crippen LogP contribution in [0.1, 0.15) is 12.8 Å². The van der Waals surface area contributed by atoms with Gasteiger partial charge in [-0.25, -0.2) is 0 Å². The van der Waals surface area contributed by atoms with Gasteiger partial charge in [0.2, 0.25) is 0 Å². The third-order valence-electron chi connectivity index (χ3n) is 2.25. The predicted molar refractivity (Wildman–Crippen MR) is 53.1 cm³/mol. The molecule has 1 rings (SSSR count). The predicted octanol–water partition coefficient (Wildman–Crippen LogP) is 1.61. The van der Waals surface area contributed by atoms with Crippen LogP contribution in [-0.4, -0.2) is 23.9 Å². The molecule has 2 nitrogen and oxygen atoms in total. The van der Waals surface area contributed by atoms with Gasteiger partial charge in [-0.3, -0.25) is 4.79 Å². The third-order valence-corrected chi connectivity index (χ3v) is 2.41. The highest BCUT2D eigenvalue weighted by atomic mass is 35.5. The Balaban J connectivity index is 2.46. The summed E-state index contributed by atoms with van der Waals surface area (Å²) in [6.07, 6.45) is 7.02. The van der Waals surface area contributed by atoms with E-state index in [0.717, 1.165) is 12.8 Å². The van der Waals surface area contributed by atoms with Crippen LogP contribution in [0.4, 0.5) is 0 Å². The number of hydrogen-bond donors (Lipinski definition) is 0. The first-order chi connectivity index (χ1) is 6.15. The normalized spacial score (nSPS) is 18.0. The zero-order valence-electron chi connectivity index (χ0n) is 7.42. The van der Waals surface area contributed by atoms with Gasteiger partial charge in [0.25, 0.3) is 5.91 Å². The molecule has 0 atom stereocenters. The van der Waals surface area contributed by atoms with Crippen molar-refractivity contribution < 1.29 is 4.79 Å². The minimum Gasteiger partial charge on any atom is -0.338 e. The Kier molecular flexibility index (Phi) is 3.39. The molecule has 0 radical (unpaired) electrons. The van der Waals surface area contributed by atoms with E-state index in [0.29, 0.717) is 19.0 Å². The first-order valence-electron chi connectivity index (χ1n) is 4.25. The van der Waals surface area contributed by atoms with Crippen LogP contribution < -0.4 is 0 Å². The van der Waals surface area contributed by atoms with Crippen LogP contribution in [-0.2, 0) is 4.79 Å². The monoisotopic (exact) mass is 197 g/mol. The fraction of sp³-hybridized carbons (Fsp3) is 0.500. The van der Waals surface area contributed by atoms with Gasteiger partial charge >= 0.3 is 0 Å². The van der Waals surface area contributed by atoms with Gasteiger partial charge in [0.05, 0.1) is 5.03 Å². The van der Waals surface area contributed by atoms with Crippen molar-refractivity contribution in [2.75, 3.05) is 13.1 Å². The molecule has 0 N–H and O–H groups in total. The highest BCUT2D eigenvalue weighted by Crippen LogP contribution is 2.17. The lowest BCUT2D eigenvalue weighted by atomic mass is 9.98. The number of hydrogen-bond acceptors (Lipinski definition) is 1. The molecule has 0 aromatic rings. The van der Waals surface area contributed by atoms with E-state index in [4.69, 9.17) is 18.0 Å². The van der Waals surface area contributed by atoms with Crippen LogP contribution in [0.5, 0.6) is 0 Å². The molecule has 70 valence electrons. The minimum absolute atomic E-state index is 0.0826. The van der Waals surface area contributed by atoms with Crippen LogP contribution in [0.3, 0.4) is 0 Å². The van der Waals surface area contributed by atoms with Crippen molar-refractivity contribution in [2.24, 2.45) is 5.92 Å². The molecule has 1 fully saturated rings. The maximum Gasteiger partial charge on any atom is 0.264 e. The minimum atomic E-state index is -0.169. The summed E-state index contributed by atoms with van der Waals surface area (Å²) in [7, 11) is 0. The van der Waals surface area contributed by atoms with Crippen LogP contribution in [0.15, 0.2) is 11.6 Å². The summed E-state index contributed by atoms with van der Waals surface area (Å²) in [5, 5.41) is 0.0826. The number of halogens is 1. The Morgan fingerprint density at radius 1 is 1.54 bits per heavy atom. The van der Waals surface area contributed by atoms with E-state index in [1.165, 1.54) is 0 Å². The topological polar surface area (TPSA) is 20.3 Å². The molecule has 0 unspecified atom stereocenters. The van der Waals surface area contributed by atoms with Crippen LogP contribution in [0, 0.1) is 18.3 Å². The van der Waals surface area contributed by atoms with Crippen molar-refractivity contribution in [2.45, 2.75) is 12.8 Å². The van der Waals surface area contributed by atoms with Gasteiger partial charge in [-0.15, -0.1) is 12.3 Å². The van der Waals surface area contributed by atoms with E-state index in [-0.39, 0.29) is 10.9 Å². The molecule has 0 aliphatic carbocycles. The highest BCUT2D eigenvalue weighted by molar-refractivity contribution is 6.41. The number of nitrogens with zero attached hydrogens (tertiary/aromatic N) is 1. The number of piperidine rings is 1. The zero-order chi connectivity index (χ0) is 9.84. The van der Waals surface area contributed by atoms with E-state index in [1.54, 1.807) is 4.90 Å². The number of carbonyl (C=O) groups excluding carboxylic acids is 1. The second-order valence-electron chi connectivity index (χ2n) is 3.14. The molecular formula is C10H12ClNO. The standard InChI is InChI=1S/C10H12ClNO/c1-3-9-4-6-12(7-5-9)10(13)8(2)11/h1,9H,2,4-7H2. The van der Waals surface area contributed by atoms with Crippen LogP contribution >= 0.6 is 11.6 Å². The lowest BCUT2D eigenvalue weighted by molar-refractivity contribution is -0.127. The first-order valence-corrected chi connectivity index (χ1v) is 4.62. The van der Waals surface area contributed by atoms with E-state index in [2.05, 4.69) is 12.5 Å². The molecule has 0 saturated carbocycles. The second-order valence-corrected chi connectivity index (χ2v) is 3.59. The average molecular weight is 198 g/mol. The smallest absolute Gasteiger partial charge is 0.264 e. The summed E-state index contributed by atoms with van der Waals surface area (Å²) in [5.74, 6) is 2.84. The van der Waals surface area contributed by atoms with Gasteiger partial charge in [-0.1, -0.05) is 18.2 Å². The molecule has 3 heteroatoms. The van der Waals surface area contributed by atoms with Crippen molar-refractivity contribution in [3.05, 3.63) is 11.6 Å². The summed E-state index contributed by atoms with van der Waals surface area (Å²) in [6.45, 7) is 4.79. The van der Waals surface area contributed by atoms with Gasteiger partial charge in [-0.2, -0.15) is 0 Å². The van der Waals surface area contributed by atoms with Crippen molar-refractivity contribution in [1.29, 1.82) is 0 Å². The van der Waals surface area contributed by atoms with Crippen molar-refractivity contribution in [3.63, 3.8) is 0 Å². The Morgan fingerprint density at radius 2 is 2.08 bits per heavy atom. The molecule has 1 aliphatic heterocycles. The van der Waals surface area contributed by atoms with Gasteiger partial charge in [0.1, 0.15) is 0 Å². The molecule has 1 heterocycles. The van der Waals surface area contributed by atoms with Gasteiger partial charge in [0.15, 0.2) is 0 Å². The fourth-order valence-corrected chi connectivity index (χ4v) is 1.54. The van der Waals surface area contributed by atoms with E-state index in [1.807, 2.05) is 0 Å². The number of terminal acetylenes is 1. The third kappa shape index (κ3) is 2.50. The molecule has 0 aromatic carbocycles. The van der Waals surface area contributed by atoms with E-state index in [9.17, 15) is 4.79 Å². The highest BCUT2D eigenvalue weighted by Gasteiger charge is 2.22.